The van der Waals surface area contributed by atoms with Gasteiger partial charge in [0.2, 0.25) is 0 Å². The van der Waals surface area contributed by atoms with Crippen LogP contribution in [0.4, 0.5) is 0 Å². The van der Waals surface area contributed by atoms with E-state index in [0.717, 1.165) is 10.0 Å². The van der Waals surface area contributed by atoms with E-state index in [0.29, 0.717) is 0 Å². The van der Waals surface area contributed by atoms with Gasteiger partial charge in [0.1, 0.15) is 10.0 Å². The van der Waals surface area contributed by atoms with Crippen LogP contribution in [0, 0.1) is 0 Å². The Morgan fingerprint density at radius 1 is 1.00 bits per heavy atom. The number of halogens is 1. The SMILES string of the molecule is CC(C)(C)c1nnc(C(C)(C)I)s1. The van der Waals surface area contributed by atoms with Gasteiger partial charge in [0.25, 0.3) is 0 Å². The fourth-order valence-corrected chi connectivity index (χ4v) is 2.10. The van der Waals surface area contributed by atoms with Gasteiger partial charge >= 0.3 is 0 Å². The summed E-state index contributed by atoms with van der Waals surface area (Å²) in [5.41, 5.74) is 0.123. The van der Waals surface area contributed by atoms with E-state index in [9.17, 15) is 0 Å². The molecule has 1 aromatic heterocycles. The second kappa shape index (κ2) is 3.46. The van der Waals surface area contributed by atoms with Gasteiger partial charge in [-0.25, -0.2) is 0 Å². The maximum atomic E-state index is 4.22. The van der Waals surface area contributed by atoms with Crippen molar-refractivity contribution in [3.05, 3.63) is 10.0 Å². The average Bonchev–Trinajstić information content (AvgIpc) is 2.28. The molecular formula is C9H15IN2S. The molecule has 0 aliphatic rings. The lowest BCUT2D eigenvalue weighted by Crippen LogP contribution is -2.10. The van der Waals surface area contributed by atoms with E-state index in [-0.39, 0.29) is 8.84 Å². The molecule has 74 valence electrons. The zero-order valence-electron chi connectivity index (χ0n) is 8.68. The maximum Gasteiger partial charge on any atom is 0.132 e. The Bertz CT molecular complexity index is 265. The molecule has 0 aromatic carbocycles. The van der Waals surface area contributed by atoms with Crippen LogP contribution >= 0.6 is 33.9 Å². The van der Waals surface area contributed by atoms with Gasteiger partial charge in [0, 0.05) is 5.41 Å². The fraction of sp³-hybridized carbons (Fsp3) is 0.778. The summed E-state index contributed by atoms with van der Waals surface area (Å²) in [6, 6.07) is 0. The highest BCUT2D eigenvalue weighted by Gasteiger charge is 2.25. The summed E-state index contributed by atoms with van der Waals surface area (Å²) in [5, 5.41) is 10.7. The van der Waals surface area contributed by atoms with Gasteiger partial charge in [-0.1, -0.05) is 54.7 Å². The van der Waals surface area contributed by atoms with Gasteiger partial charge in [-0.2, -0.15) is 0 Å². The van der Waals surface area contributed by atoms with Gasteiger partial charge in [-0.05, 0) is 13.8 Å². The Balaban J connectivity index is 3.01. The third-order valence-corrected chi connectivity index (χ3v) is 4.12. The first-order chi connectivity index (χ1) is 5.71. The van der Waals surface area contributed by atoms with Crippen LogP contribution in [0.1, 0.15) is 44.6 Å². The molecule has 0 fully saturated rings. The monoisotopic (exact) mass is 310 g/mol. The van der Waals surface area contributed by atoms with E-state index < -0.39 is 0 Å². The molecule has 0 aliphatic heterocycles. The largest absolute Gasteiger partial charge is 0.143 e. The number of hydrogen-bond acceptors (Lipinski definition) is 3. The summed E-state index contributed by atoms with van der Waals surface area (Å²) >= 11 is 4.11. The van der Waals surface area contributed by atoms with Crippen LogP contribution < -0.4 is 0 Å². The van der Waals surface area contributed by atoms with E-state index in [1.54, 1.807) is 11.3 Å². The highest BCUT2D eigenvalue weighted by molar-refractivity contribution is 14.1. The number of alkyl halides is 1. The molecule has 0 aliphatic carbocycles. The highest BCUT2D eigenvalue weighted by atomic mass is 127. The molecule has 1 rings (SSSR count). The van der Waals surface area contributed by atoms with Crippen molar-refractivity contribution < 1.29 is 0 Å². The van der Waals surface area contributed by atoms with Gasteiger partial charge in [-0.15, -0.1) is 10.2 Å². The first kappa shape index (κ1) is 11.4. The minimum absolute atomic E-state index is 0.0962. The Kier molecular flexibility index (Phi) is 3.02. The van der Waals surface area contributed by atoms with Crippen molar-refractivity contribution in [1.29, 1.82) is 0 Å². The van der Waals surface area contributed by atoms with Crippen LogP contribution in [-0.4, -0.2) is 10.2 Å². The van der Waals surface area contributed by atoms with E-state index in [1.807, 2.05) is 0 Å². The average molecular weight is 310 g/mol. The zero-order chi connectivity index (χ0) is 10.3. The predicted molar refractivity (Wildman–Crippen MR) is 65.7 cm³/mol. The van der Waals surface area contributed by atoms with Gasteiger partial charge in [0.05, 0.1) is 3.42 Å². The van der Waals surface area contributed by atoms with Crippen molar-refractivity contribution in [3.63, 3.8) is 0 Å². The molecule has 0 amide bonds. The molecular weight excluding hydrogens is 295 g/mol. The molecule has 1 heterocycles. The zero-order valence-corrected chi connectivity index (χ0v) is 11.7. The molecule has 0 N–H and O–H groups in total. The fourth-order valence-electron chi connectivity index (χ4n) is 0.767. The van der Waals surface area contributed by atoms with Crippen molar-refractivity contribution in [1.82, 2.24) is 10.2 Å². The maximum absolute atomic E-state index is 4.22. The van der Waals surface area contributed by atoms with E-state index in [2.05, 4.69) is 67.4 Å². The number of nitrogens with zero attached hydrogens (tertiary/aromatic N) is 2. The minimum Gasteiger partial charge on any atom is -0.143 e. The molecule has 0 unspecified atom stereocenters. The molecule has 2 nitrogen and oxygen atoms in total. The van der Waals surface area contributed by atoms with Gasteiger partial charge in [0.15, 0.2) is 0 Å². The Hall–Kier alpha value is 0.290. The summed E-state index contributed by atoms with van der Waals surface area (Å²) in [6.07, 6.45) is 0. The summed E-state index contributed by atoms with van der Waals surface area (Å²) < 4.78 is 0.0962. The molecule has 0 bridgehead atoms. The van der Waals surface area contributed by atoms with E-state index in [1.165, 1.54) is 0 Å². The Morgan fingerprint density at radius 2 is 1.46 bits per heavy atom. The Morgan fingerprint density at radius 3 is 1.69 bits per heavy atom. The van der Waals surface area contributed by atoms with Crippen LogP contribution in [-0.2, 0) is 8.84 Å². The predicted octanol–water partition coefficient (Wildman–Crippen LogP) is 3.51. The smallest absolute Gasteiger partial charge is 0.132 e. The van der Waals surface area contributed by atoms with Crippen LogP contribution in [0.3, 0.4) is 0 Å². The summed E-state index contributed by atoms with van der Waals surface area (Å²) in [5.74, 6) is 0. The molecule has 0 saturated carbocycles. The molecule has 1 aromatic rings. The van der Waals surface area contributed by atoms with E-state index >= 15 is 0 Å². The van der Waals surface area contributed by atoms with Crippen molar-refractivity contribution >= 4 is 33.9 Å². The summed E-state index contributed by atoms with van der Waals surface area (Å²) in [7, 11) is 0. The molecule has 0 atom stereocenters. The lowest BCUT2D eigenvalue weighted by molar-refractivity contribution is 0.577. The van der Waals surface area contributed by atoms with Crippen molar-refractivity contribution in [2.24, 2.45) is 0 Å². The number of hydrogen-bond donors (Lipinski definition) is 0. The summed E-state index contributed by atoms with van der Waals surface area (Å²) in [6.45, 7) is 10.8. The highest BCUT2D eigenvalue weighted by Crippen LogP contribution is 2.35. The molecule has 13 heavy (non-hydrogen) atoms. The first-order valence-corrected chi connectivity index (χ1v) is 6.14. The van der Waals surface area contributed by atoms with Gasteiger partial charge < -0.3 is 0 Å². The quantitative estimate of drug-likeness (QED) is 0.586. The van der Waals surface area contributed by atoms with Crippen LogP contribution in [0.5, 0.6) is 0 Å². The van der Waals surface area contributed by atoms with Crippen LogP contribution in [0.2, 0.25) is 0 Å². The topological polar surface area (TPSA) is 25.8 Å². The third-order valence-electron chi connectivity index (χ3n) is 1.58. The second-order valence-electron chi connectivity index (χ2n) is 4.63. The lowest BCUT2D eigenvalue weighted by Gasteiger charge is -2.13. The molecule has 4 heteroatoms. The molecule has 0 spiro atoms. The summed E-state index contributed by atoms with van der Waals surface area (Å²) in [4.78, 5) is 0. The van der Waals surface area contributed by atoms with Crippen LogP contribution in [0.15, 0.2) is 0 Å². The van der Waals surface area contributed by atoms with Crippen molar-refractivity contribution in [2.45, 2.75) is 43.5 Å². The number of rotatable bonds is 1. The lowest BCUT2D eigenvalue weighted by atomic mass is 9.98. The number of aromatic nitrogens is 2. The van der Waals surface area contributed by atoms with Crippen LogP contribution in [0.25, 0.3) is 0 Å². The van der Waals surface area contributed by atoms with Crippen molar-refractivity contribution in [3.8, 4) is 0 Å². The van der Waals surface area contributed by atoms with E-state index in [4.69, 9.17) is 0 Å². The standard InChI is InChI=1S/C9H15IN2S/c1-8(2,3)6-11-12-7(13-6)9(4,5)10/h1-5H3. The van der Waals surface area contributed by atoms with Crippen molar-refractivity contribution in [2.75, 3.05) is 0 Å². The first-order valence-electron chi connectivity index (χ1n) is 4.24. The molecule has 0 saturated heterocycles. The normalized spacial score (nSPS) is 13.4. The van der Waals surface area contributed by atoms with Gasteiger partial charge in [-0.3, -0.25) is 0 Å². The molecule has 0 radical (unpaired) electrons. The second-order valence-corrected chi connectivity index (χ2v) is 8.31. The third kappa shape index (κ3) is 2.87. The Labute approximate surface area is 97.3 Å². The minimum atomic E-state index is 0.0962.